The van der Waals surface area contributed by atoms with Gasteiger partial charge in [0.05, 0.1) is 12.5 Å². The highest BCUT2D eigenvalue weighted by molar-refractivity contribution is 5.73. The number of carbonyl (C=O) groups is 1. The summed E-state index contributed by atoms with van der Waals surface area (Å²) in [7, 11) is 0. The Hall–Kier alpha value is -0.530. The van der Waals surface area contributed by atoms with Crippen molar-refractivity contribution < 1.29 is 9.53 Å². The maximum Gasteiger partial charge on any atom is 0.308 e. The standard InChI is InChI=1S/C10H16O2/c1-6-3-4-8-7(2)10(11)12-5-9(6)8/h6-9H,3-5H2,1-2H3/t6?,7-,8?,9?/m1/s1. The van der Waals surface area contributed by atoms with E-state index in [0.29, 0.717) is 18.4 Å². The van der Waals surface area contributed by atoms with Crippen LogP contribution in [-0.4, -0.2) is 12.6 Å². The van der Waals surface area contributed by atoms with Crippen LogP contribution in [0.15, 0.2) is 0 Å². The molecule has 4 atom stereocenters. The maximum atomic E-state index is 11.2. The van der Waals surface area contributed by atoms with Crippen LogP contribution in [0.2, 0.25) is 0 Å². The van der Waals surface area contributed by atoms with Crippen molar-refractivity contribution in [2.75, 3.05) is 6.61 Å². The van der Waals surface area contributed by atoms with E-state index in [-0.39, 0.29) is 11.9 Å². The van der Waals surface area contributed by atoms with Crippen molar-refractivity contribution in [3.63, 3.8) is 0 Å². The van der Waals surface area contributed by atoms with E-state index in [0.717, 1.165) is 5.92 Å². The molecule has 2 heteroatoms. The number of carbonyl (C=O) groups excluding carboxylic acids is 1. The van der Waals surface area contributed by atoms with Crippen LogP contribution in [0.25, 0.3) is 0 Å². The lowest BCUT2D eigenvalue weighted by Gasteiger charge is -2.31. The van der Waals surface area contributed by atoms with Gasteiger partial charge in [-0.25, -0.2) is 0 Å². The molecule has 1 heterocycles. The quantitative estimate of drug-likeness (QED) is 0.516. The summed E-state index contributed by atoms with van der Waals surface area (Å²) in [6.45, 7) is 4.96. The molecule has 0 spiro atoms. The Morgan fingerprint density at radius 1 is 1.25 bits per heavy atom. The minimum atomic E-state index is 0.0188. The van der Waals surface area contributed by atoms with Crippen LogP contribution in [-0.2, 0) is 9.53 Å². The summed E-state index contributed by atoms with van der Waals surface area (Å²) in [6, 6.07) is 0. The van der Waals surface area contributed by atoms with Crippen molar-refractivity contribution in [1.29, 1.82) is 0 Å². The lowest BCUT2D eigenvalue weighted by atomic mass is 9.81. The number of fused-ring (bicyclic) bond motifs is 1. The highest BCUT2D eigenvalue weighted by Gasteiger charge is 2.43. The summed E-state index contributed by atoms with van der Waals surface area (Å²) in [4.78, 5) is 11.2. The van der Waals surface area contributed by atoms with Crippen LogP contribution in [0.5, 0.6) is 0 Å². The number of cyclic esters (lactones) is 1. The molecular weight excluding hydrogens is 152 g/mol. The molecule has 1 saturated carbocycles. The fourth-order valence-corrected chi connectivity index (χ4v) is 2.70. The largest absolute Gasteiger partial charge is 0.465 e. The molecule has 2 rings (SSSR count). The van der Waals surface area contributed by atoms with Crippen molar-refractivity contribution >= 4 is 5.97 Å². The van der Waals surface area contributed by atoms with Gasteiger partial charge in [-0.05, 0) is 24.2 Å². The van der Waals surface area contributed by atoms with Crippen molar-refractivity contribution in [2.45, 2.75) is 26.7 Å². The summed E-state index contributed by atoms with van der Waals surface area (Å²) in [5.74, 6) is 2.18. The van der Waals surface area contributed by atoms with E-state index in [1.807, 2.05) is 6.92 Å². The predicted molar refractivity (Wildman–Crippen MR) is 45.5 cm³/mol. The van der Waals surface area contributed by atoms with Gasteiger partial charge in [0.1, 0.15) is 0 Å². The molecule has 68 valence electrons. The summed E-state index contributed by atoms with van der Waals surface area (Å²) in [6.07, 6.45) is 2.50. The molecule has 2 fully saturated rings. The zero-order valence-corrected chi connectivity index (χ0v) is 7.75. The van der Waals surface area contributed by atoms with Crippen molar-refractivity contribution in [1.82, 2.24) is 0 Å². The number of rotatable bonds is 0. The molecule has 1 saturated heterocycles. The molecule has 0 aromatic heterocycles. The second-order valence-electron chi connectivity index (χ2n) is 4.30. The van der Waals surface area contributed by atoms with Gasteiger partial charge in [0.15, 0.2) is 0 Å². The summed E-state index contributed by atoms with van der Waals surface area (Å²) in [5.41, 5.74) is 0. The Bertz CT molecular complexity index is 200. The van der Waals surface area contributed by atoms with Crippen molar-refractivity contribution in [2.24, 2.45) is 23.7 Å². The topological polar surface area (TPSA) is 26.3 Å². The normalized spacial score (nSPS) is 47.0. The number of hydrogen-bond donors (Lipinski definition) is 0. The van der Waals surface area contributed by atoms with E-state index in [1.165, 1.54) is 12.8 Å². The van der Waals surface area contributed by atoms with Crippen LogP contribution in [0.3, 0.4) is 0 Å². The van der Waals surface area contributed by atoms with Gasteiger partial charge in [0.25, 0.3) is 0 Å². The Morgan fingerprint density at radius 3 is 2.75 bits per heavy atom. The van der Waals surface area contributed by atoms with Gasteiger partial charge in [0, 0.05) is 0 Å². The minimum Gasteiger partial charge on any atom is -0.465 e. The third-order valence-electron chi connectivity index (χ3n) is 3.67. The van der Waals surface area contributed by atoms with Crippen LogP contribution < -0.4 is 0 Å². The molecule has 2 aliphatic rings. The van der Waals surface area contributed by atoms with E-state index >= 15 is 0 Å². The van der Waals surface area contributed by atoms with E-state index in [9.17, 15) is 4.79 Å². The Morgan fingerprint density at radius 2 is 2.00 bits per heavy atom. The van der Waals surface area contributed by atoms with Gasteiger partial charge in [-0.15, -0.1) is 0 Å². The number of esters is 1. The third kappa shape index (κ3) is 1.05. The lowest BCUT2D eigenvalue weighted by Crippen LogP contribution is -2.36. The average molecular weight is 168 g/mol. The maximum absolute atomic E-state index is 11.2. The average Bonchev–Trinajstić information content (AvgIpc) is 2.41. The first-order chi connectivity index (χ1) is 5.70. The highest BCUT2D eigenvalue weighted by atomic mass is 16.5. The van der Waals surface area contributed by atoms with E-state index in [4.69, 9.17) is 4.74 Å². The molecule has 0 N–H and O–H groups in total. The predicted octanol–water partition coefficient (Wildman–Crippen LogP) is 1.84. The first-order valence-electron chi connectivity index (χ1n) is 4.87. The molecule has 1 aliphatic heterocycles. The summed E-state index contributed by atoms with van der Waals surface area (Å²) < 4.78 is 5.14. The molecule has 0 radical (unpaired) electrons. The van der Waals surface area contributed by atoms with Crippen molar-refractivity contribution in [3.8, 4) is 0 Å². The first-order valence-corrected chi connectivity index (χ1v) is 4.87. The lowest BCUT2D eigenvalue weighted by molar-refractivity contribution is -0.159. The molecule has 3 unspecified atom stereocenters. The number of hydrogen-bond acceptors (Lipinski definition) is 2. The zero-order chi connectivity index (χ0) is 8.72. The van der Waals surface area contributed by atoms with Gasteiger partial charge in [-0.2, -0.15) is 0 Å². The second-order valence-corrected chi connectivity index (χ2v) is 4.30. The minimum absolute atomic E-state index is 0.0188. The highest BCUT2D eigenvalue weighted by Crippen LogP contribution is 2.43. The second kappa shape index (κ2) is 2.75. The summed E-state index contributed by atoms with van der Waals surface area (Å²) in [5, 5.41) is 0. The molecule has 1 aliphatic carbocycles. The number of ether oxygens (including phenoxy) is 1. The van der Waals surface area contributed by atoms with E-state index < -0.39 is 0 Å². The molecule has 0 aromatic rings. The van der Waals surface area contributed by atoms with Crippen LogP contribution in [0.1, 0.15) is 26.7 Å². The molecule has 12 heavy (non-hydrogen) atoms. The van der Waals surface area contributed by atoms with E-state index in [2.05, 4.69) is 6.92 Å². The van der Waals surface area contributed by atoms with Crippen LogP contribution >= 0.6 is 0 Å². The van der Waals surface area contributed by atoms with Gasteiger partial charge >= 0.3 is 5.97 Å². The van der Waals surface area contributed by atoms with Gasteiger partial charge < -0.3 is 4.74 Å². The van der Waals surface area contributed by atoms with E-state index in [1.54, 1.807) is 0 Å². The smallest absolute Gasteiger partial charge is 0.308 e. The fraction of sp³-hybridized carbons (Fsp3) is 0.900. The molecule has 0 amide bonds. The van der Waals surface area contributed by atoms with Gasteiger partial charge in [-0.3, -0.25) is 4.79 Å². The van der Waals surface area contributed by atoms with Crippen molar-refractivity contribution in [3.05, 3.63) is 0 Å². The first kappa shape index (κ1) is 8.09. The fourth-order valence-electron chi connectivity index (χ4n) is 2.70. The van der Waals surface area contributed by atoms with Crippen LogP contribution in [0.4, 0.5) is 0 Å². The summed E-state index contributed by atoms with van der Waals surface area (Å²) >= 11 is 0. The molecule has 0 aromatic carbocycles. The molecule has 0 bridgehead atoms. The van der Waals surface area contributed by atoms with Crippen LogP contribution in [0, 0.1) is 23.7 Å². The third-order valence-corrected chi connectivity index (χ3v) is 3.67. The van der Waals surface area contributed by atoms with Gasteiger partial charge in [-0.1, -0.05) is 20.3 Å². The Labute approximate surface area is 73.3 Å². The molecule has 2 nitrogen and oxygen atoms in total. The Kier molecular flexibility index (Phi) is 1.85. The Balaban J connectivity index is 2.14. The molecular formula is C10H16O2. The monoisotopic (exact) mass is 168 g/mol. The zero-order valence-electron chi connectivity index (χ0n) is 7.75. The SMILES string of the molecule is CC1CCC2C1COC(=O)[C@@H]2C. The van der Waals surface area contributed by atoms with Gasteiger partial charge in [0.2, 0.25) is 0 Å².